The third-order valence-corrected chi connectivity index (χ3v) is 2.15. The molecule has 0 aliphatic carbocycles. The van der Waals surface area contributed by atoms with Crippen molar-refractivity contribution < 1.29 is 4.92 Å². The summed E-state index contributed by atoms with van der Waals surface area (Å²) in [5, 5.41) is 14.8. The Bertz CT molecular complexity index is 534. The van der Waals surface area contributed by atoms with Crippen LogP contribution in [-0.2, 0) is 0 Å². The number of nitrogens with two attached hydrogens (primary N) is 1. The first kappa shape index (κ1) is 10.1. The molecule has 82 valence electrons. The average molecular weight is 219 g/mol. The molecule has 0 aliphatic rings. The molecule has 0 aliphatic heterocycles. The van der Waals surface area contributed by atoms with E-state index < -0.39 is 4.92 Å². The third-order valence-electron chi connectivity index (χ3n) is 2.15. The number of aryl methyl sites for hydroxylation is 1. The zero-order valence-electron chi connectivity index (χ0n) is 8.49. The number of hydrogen-bond acceptors (Lipinski definition) is 5. The Kier molecular flexibility index (Phi) is 2.28. The first-order chi connectivity index (χ1) is 7.61. The highest BCUT2D eigenvalue weighted by molar-refractivity contribution is 5.59. The number of hydrogen-bond donors (Lipinski definition) is 1. The normalized spacial score (nSPS) is 10.3. The molecule has 0 spiro atoms. The van der Waals surface area contributed by atoms with Gasteiger partial charge < -0.3 is 5.73 Å². The Balaban J connectivity index is 2.61. The van der Waals surface area contributed by atoms with Crippen molar-refractivity contribution >= 4 is 11.5 Å². The van der Waals surface area contributed by atoms with E-state index in [0.717, 1.165) is 0 Å². The Morgan fingerprint density at radius 3 is 2.56 bits per heavy atom. The molecule has 2 aromatic heterocycles. The molecule has 0 saturated carbocycles. The maximum absolute atomic E-state index is 10.7. The highest BCUT2D eigenvalue weighted by atomic mass is 16.6. The van der Waals surface area contributed by atoms with Gasteiger partial charge in [0, 0.05) is 12.4 Å². The summed E-state index contributed by atoms with van der Waals surface area (Å²) in [6.07, 6.45) is 3.13. The van der Waals surface area contributed by atoms with E-state index in [1.165, 1.54) is 4.68 Å². The fourth-order valence-corrected chi connectivity index (χ4v) is 1.44. The maximum Gasteiger partial charge on any atom is 0.333 e. The van der Waals surface area contributed by atoms with Crippen LogP contribution in [0.15, 0.2) is 24.5 Å². The molecule has 0 aromatic carbocycles. The molecule has 0 saturated heterocycles. The van der Waals surface area contributed by atoms with Crippen molar-refractivity contribution in [3.63, 3.8) is 0 Å². The van der Waals surface area contributed by atoms with E-state index >= 15 is 0 Å². The van der Waals surface area contributed by atoms with Crippen LogP contribution in [-0.4, -0.2) is 19.7 Å². The van der Waals surface area contributed by atoms with Crippen LogP contribution < -0.4 is 5.73 Å². The van der Waals surface area contributed by atoms with Crippen LogP contribution in [0.1, 0.15) is 5.69 Å². The second-order valence-corrected chi connectivity index (χ2v) is 3.19. The third kappa shape index (κ3) is 1.48. The first-order valence-corrected chi connectivity index (χ1v) is 4.51. The lowest BCUT2D eigenvalue weighted by molar-refractivity contribution is -0.384. The molecule has 2 rings (SSSR count). The zero-order chi connectivity index (χ0) is 11.7. The van der Waals surface area contributed by atoms with Crippen LogP contribution >= 0.6 is 0 Å². The number of nitro groups is 1. The SMILES string of the molecule is Cc1nn(-c2ccncc2)c(N)c1[N+](=O)[O-]. The van der Waals surface area contributed by atoms with Gasteiger partial charge in [-0.15, -0.1) is 0 Å². The maximum atomic E-state index is 10.7. The van der Waals surface area contributed by atoms with Gasteiger partial charge in [-0.2, -0.15) is 5.10 Å². The highest BCUT2D eigenvalue weighted by Gasteiger charge is 2.23. The summed E-state index contributed by atoms with van der Waals surface area (Å²) in [5.41, 5.74) is 6.45. The summed E-state index contributed by atoms with van der Waals surface area (Å²) in [6.45, 7) is 1.55. The van der Waals surface area contributed by atoms with Crippen molar-refractivity contribution in [2.45, 2.75) is 6.92 Å². The molecule has 0 amide bonds. The van der Waals surface area contributed by atoms with Gasteiger partial charge in [0.25, 0.3) is 0 Å². The van der Waals surface area contributed by atoms with Crippen molar-refractivity contribution in [3.05, 3.63) is 40.3 Å². The molecule has 2 aromatic rings. The fraction of sp³-hybridized carbons (Fsp3) is 0.111. The van der Waals surface area contributed by atoms with Crippen molar-refractivity contribution in [2.24, 2.45) is 0 Å². The summed E-state index contributed by atoms with van der Waals surface area (Å²) >= 11 is 0. The van der Waals surface area contributed by atoms with E-state index in [4.69, 9.17) is 5.73 Å². The minimum absolute atomic E-state index is 0.0219. The number of pyridine rings is 1. The van der Waals surface area contributed by atoms with Crippen LogP contribution in [0.2, 0.25) is 0 Å². The molecule has 7 nitrogen and oxygen atoms in total. The molecular formula is C9H9N5O2. The zero-order valence-corrected chi connectivity index (χ0v) is 8.49. The topological polar surface area (TPSA) is 99.9 Å². The summed E-state index contributed by atoms with van der Waals surface area (Å²) in [5.74, 6) is 0.0219. The van der Waals surface area contributed by atoms with Crippen LogP contribution in [0.3, 0.4) is 0 Å². The van der Waals surface area contributed by atoms with Crippen LogP contribution in [0, 0.1) is 17.0 Å². The van der Waals surface area contributed by atoms with Gasteiger partial charge in [-0.3, -0.25) is 15.1 Å². The Morgan fingerprint density at radius 1 is 1.44 bits per heavy atom. The summed E-state index contributed by atoms with van der Waals surface area (Å²) < 4.78 is 1.33. The highest BCUT2D eigenvalue weighted by Crippen LogP contribution is 2.27. The van der Waals surface area contributed by atoms with Crippen LogP contribution in [0.5, 0.6) is 0 Å². The second kappa shape index (κ2) is 3.61. The molecule has 0 unspecified atom stereocenters. The van der Waals surface area contributed by atoms with E-state index in [2.05, 4.69) is 10.1 Å². The van der Waals surface area contributed by atoms with Gasteiger partial charge in [-0.05, 0) is 19.1 Å². The molecule has 0 atom stereocenters. The Labute approximate surface area is 90.7 Å². The monoisotopic (exact) mass is 219 g/mol. The Hall–Kier alpha value is -2.44. The van der Waals surface area contributed by atoms with Gasteiger partial charge in [0.15, 0.2) is 0 Å². The smallest absolute Gasteiger partial charge is 0.333 e. The van der Waals surface area contributed by atoms with Crippen LogP contribution in [0.25, 0.3) is 5.69 Å². The van der Waals surface area contributed by atoms with Crippen molar-refractivity contribution in [3.8, 4) is 5.69 Å². The Morgan fingerprint density at radius 2 is 2.06 bits per heavy atom. The molecule has 0 radical (unpaired) electrons. The lowest BCUT2D eigenvalue weighted by Gasteiger charge is -2.01. The molecule has 0 bridgehead atoms. The van der Waals surface area contributed by atoms with E-state index in [-0.39, 0.29) is 11.5 Å². The number of rotatable bonds is 2. The van der Waals surface area contributed by atoms with Crippen molar-refractivity contribution in [1.29, 1.82) is 0 Å². The molecule has 16 heavy (non-hydrogen) atoms. The number of nitrogen functional groups attached to an aromatic ring is 1. The van der Waals surface area contributed by atoms with Gasteiger partial charge in [-0.25, -0.2) is 4.68 Å². The summed E-state index contributed by atoms with van der Waals surface area (Å²) in [7, 11) is 0. The molecule has 2 N–H and O–H groups in total. The van der Waals surface area contributed by atoms with Gasteiger partial charge in [0.2, 0.25) is 5.82 Å². The summed E-state index contributed by atoms with van der Waals surface area (Å²) in [4.78, 5) is 14.1. The largest absolute Gasteiger partial charge is 0.378 e. The van der Waals surface area contributed by atoms with E-state index in [1.54, 1.807) is 31.5 Å². The number of nitrogens with zero attached hydrogens (tertiary/aromatic N) is 4. The quantitative estimate of drug-likeness (QED) is 0.601. The van der Waals surface area contributed by atoms with Crippen LogP contribution in [0.4, 0.5) is 11.5 Å². The molecule has 2 heterocycles. The van der Waals surface area contributed by atoms with Gasteiger partial charge in [0.1, 0.15) is 5.69 Å². The van der Waals surface area contributed by atoms with Crippen molar-refractivity contribution in [2.75, 3.05) is 5.73 Å². The molecular weight excluding hydrogens is 210 g/mol. The predicted octanol–water partition coefficient (Wildman–Crippen LogP) is 1.07. The van der Waals surface area contributed by atoms with E-state index in [1.807, 2.05) is 0 Å². The van der Waals surface area contributed by atoms with E-state index in [9.17, 15) is 10.1 Å². The predicted molar refractivity (Wildman–Crippen MR) is 57.2 cm³/mol. The van der Waals surface area contributed by atoms with Gasteiger partial charge >= 0.3 is 5.69 Å². The lowest BCUT2D eigenvalue weighted by Crippen LogP contribution is -2.02. The fourth-order valence-electron chi connectivity index (χ4n) is 1.44. The molecule has 0 fully saturated rings. The molecule has 7 heteroatoms. The standard InChI is InChI=1S/C9H9N5O2/c1-6-8(14(15)16)9(10)13(12-6)7-2-4-11-5-3-7/h2-5H,10H2,1H3. The first-order valence-electron chi connectivity index (χ1n) is 4.51. The second-order valence-electron chi connectivity index (χ2n) is 3.19. The van der Waals surface area contributed by atoms with Gasteiger partial charge in [-0.1, -0.05) is 0 Å². The summed E-state index contributed by atoms with van der Waals surface area (Å²) in [6, 6.07) is 3.35. The minimum Gasteiger partial charge on any atom is -0.378 e. The minimum atomic E-state index is -0.532. The average Bonchev–Trinajstić information content (AvgIpc) is 2.55. The van der Waals surface area contributed by atoms with Gasteiger partial charge in [0.05, 0.1) is 10.6 Å². The lowest BCUT2D eigenvalue weighted by atomic mass is 10.4. The van der Waals surface area contributed by atoms with Crippen molar-refractivity contribution in [1.82, 2.24) is 14.8 Å². The number of anilines is 1. The number of aromatic nitrogens is 3. The van der Waals surface area contributed by atoms with E-state index in [0.29, 0.717) is 11.4 Å².